The molecule has 5 nitrogen and oxygen atoms in total. The predicted molar refractivity (Wildman–Crippen MR) is 96.8 cm³/mol. The second-order valence-corrected chi connectivity index (χ2v) is 6.07. The van der Waals surface area contributed by atoms with Crippen LogP contribution in [0.15, 0.2) is 59.5 Å². The standard InChI is InChI=1S/C18H18N2O3S/c1-19(13-14-7-10-16(24-2)11-8-14)18(21)12-9-15-5-3-4-6-17(15)20(22)23/h3-12H,13H2,1-2H3/b12-9+. The molecule has 0 N–H and O–H groups in total. The molecule has 24 heavy (non-hydrogen) atoms. The van der Waals surface area contributed by atoms with Gasteiger partial charge >= 0.3 is 0 Å². The van der Waals surface area contributed by atoms with E-state index in [-0.39, 0.29) is 11.6 Å². The van der Waals surface area contributed by atoms with Crippen molar-refractivity contribution in [1.29, 1.82) is 0 Å². The number of para-hydroxylation sites is 1. The number of carbonyl (C=O) groups is 1. The van der Waals surface area contributed by atoms with E-state index in [9.17, 15) is 14.9 Å². The summed E-state index contributed by atoms with van der Waals surface area (Å²) in [6, 6.07) is 14.3. The number of nitrogens with zero attached hydrogens (tertiary/aromatic N) is 2. The van der Waals surface area contributed by atoms with Crippen LogP contribution in [-0.2, 0) is 11.3 Å². The average Bonchev–Trinajstić information content (AvgIpc) is 2.60. The number of hydrogen-bond acceptors (Lipinski definition) is 4. The van der Waals surface area contributed by atoms with Crippen LogP contribution in [0.3, 0.4) is 0 Å². The lowest BCUT2D eigenvalue weighted by Crippen LogP contribution is -2.24. The molecule has 0 aliphatic rings. The molecule has 2 rings (SSSR count). The molecule has 0 heterocycles. The summed E-state index contributed by atoms with van der Waals surface area (Å²) >= 11 is 1.67. The number of rotatable bonds is 6. The zero-order valence-corrected chi connectivity index (χ0v) is 14.3. The maximum atomic E-state index is 12.2. The third-order valence-electron chi connectivity index (χ3n) is 3.49. The van der Waals surface area contributed by atoms with Crippen LogP contribution in [0.25, 0.3) is 6.08 Å². The maximum absolute atomic E-state index is 12.2. The van der Waals surface area contributed by atoms with Gasteiger partial charge in [-0.1, -0.05) is 24.3 Å². The van der Waals surface area contributed by atoms with Gasteiger partial charge < -0.3 is 4.90 Å². The Bertz CT molecular complexity index is 757. The van der Waals surface area contributed by atoms with Gasteiger partial charge in [0.15, 0.2) is 0 Å². The second-order valence-electron chi connectivity index (χ2n) is 5.19. The number of benzene rings is 2. The van der Waals surface area contributed by atoms with Crippen molar-refractivity contribution in [2.24, 2.45) is 0 Å². The first kappa shape index (κ1) is 17.7. The summed E-state index contributed by atoms with van der Waals surface area (Å²) in [4.78, 5) is 25.4. The lowest BCUT2D eigenvalue weighted by molar-refractivity contribution is -0.385. The third kappa shape index (κ3) is 4.70. The van der Waals surface area contributed by atoms with Gasteiger partial charge in [-0.3, -0.25) is 14.9 Å². The highest BCUT2D eigenvalue weighted by molar-refractivity contribution is 7.98. The molecule has 1 amide bonds. The minimum atomic E-state index is -0.457. The first-order valence-corrected chi connectivity index (χ1v) is 8.53. The molecule has 2 aromatic rings. The van der Waals surface area contributed by atoms with E-state index in [2.05, 4.69) is 0 Å². The lowest BCUT2D eigenvalue weighted by atomic mass is 10.1. The van der Waals surface area contributed by atoms with Crippen molar-refractivity contribution >= 4 is 29.4 Å². The monoisotopic (exact) mass is 342 g/mol. The van der Waals surface area contributed by atoms with Gasteiger partial charge in [0.1, 0.15) is 0 Å². The molecule has 0 saturated carbocycles. The van der Waals surface area contributed by atoms with Crippen LogP contribution in [0.1, 0.15) is 11.1 Å². The number of nitro benzene ring substituents is 1. The number of thioether (sulfide) groups is 1. The molecule has 0 aliphatic carbocycles. The number of amides is 1. The fraction of sp³-hybridized carbons (Fsp3) is 0.167. The van der Waals surface area contributed by atoms with Gasteiger partial charge in [0.25, 0.3) is 5.69 Å². The molecule has 0 atom stereocenters. The van der Waals surface area contributed by atoms with E-state index in [4.69, 9.17) is 0 Å². The molecule has 0 aliphatic heterocycles. The van der Waals surface area contributed by atoms with E-state index in [0.29, 0.717) is 12.1 Å². The van der Waals surface area contributed by atoms with Crippen molar-refractivity contribution in [3.8, 4) is 0 Å². The normalized spacial score (nSPS) is 10.8. The second kappa shape index (κ2) is 8.31. The minimum Gasteiger partial charge on any atom is -0.338 e. The molecule has 2 aromatic carbocycles. The van der Waals surface area contributed by atoms with Crippen molar-refractivity contribution in [1.82, 2.24) is 4.90 Å². The van der Waals surface area contributed by atoms with E-state index in [1.165, 1.54) is 23.1 Å². The van der Waals surface area contributed by atoms with Gasteiger partial charge in [-0.05, 0) is 36.1 Å². The minimum absolute atomic E-state index is 0.0168. The van der Waals surface area contributed by atoms with Gasteiger partial charge in [0.05, 0.1) is 10.5 Å². The number of carbonyl (C=O) groups excluding carboxylic acids is 1. The summed E-state index contributed by atoms with van der Waals surface area (Å²) < 4.78 is 0. The Balaban J connectivity index is 2.04. The van der Waals surface area contributed by atoms with E-state index in [0.717, 1.165) is 5.56 Å². The number of nitro groups is 1. The van der Waals surface area contributed by atoms with E-state index >= 15 is 0 Å². The van der Waals surface area contributed by atoms with Crippen LogP contribution < -0.4 is 0 Å². The highest BCUT2D eigenvalue weighted by atomic mass is 32.2. The summed E-state index contributed by atoms with van der Waals surface area (Å²) in [5, 5.41) is 11.0. The largest absolute Gasteiger partial charge is 0.338 e. The number of hydrogen-bond donors (Lipinski definition) is 0. The van der Waals surface area contributed by atoms with Crippen molar-refractivity contribution in [2.75, 3.05) is 13.3 Å². The van der Waals surface area contributed by atoms with Gasteiger partial charge in [0.2, 0.25) is 5.91 Å². The molecule has 0 saturated heterocycles. The first-order valence-electron chi connectivity index (χ1n) is 7.31. The Kier molecular flexibility index (Phi) is 6.14. The highest BCUT2D eigenvalue weighted by Crippen LogP contribution is 2.19. The highest BCUT2D eigenvalue weighted by Gasteiger charge is 2.11. The Hall–Kier alpha value is -2.60. The molecule has 124 valence electrons. The maximum Gasteiger partial charge on any atom is 0.276 e. The van der Waals surface area contributed by atoms with E-state index in [1.54, 1.807) is 41.9 Å². The molecule has 0 radical (unpaired) electrons. The Morgan fingerprint density at radius 3 is 2.50 bits per heavy atom. The SMILES string of the molecule is CSc1ccc(CN(C)C(=O)/C=C/c2ccccc2[N+](=O)[O-])cc1. The van der Waals surface area contributed by atoms with Crippen LogP contribution >= 0.6 is 11.8 Å². The van der Waals surface area contributed by atoms with E-state index < -0.39 is 4.92 Å². The summed E-state index contributed by atoms with van der Waals surface area (Å²) in [5.74, 6) is -0.206. The van der Waals surface area contributed by atoms with Gasteiger partial charge in [-0.15, -0.1) is 11.8 Å². The molecule has 0 aromatic heterocycles. The van der Waals surface area contributed by atoms with Gasteiger partial charge in [0, 0.05) is 30.6 Å². The number of likely N-dealkylation sites (N-methyl/N-ethyl adjacent to an activating group) is 1. The average molecular weight is 342 g/mol. The fourth-order valence-corrected chi connectivity index (χ4v) is 2.57. The van der Waals surface area contributed by atoms with Crippen molar-refractivity contribution < 1.29 is 9.72 Å². The fourth-order valence-electron chi connectivity index (χ4n) is 2.17. The Morgan fingerprint density at radius 1 is 1.21 bits per heavy atom. The van der Waals surface area contributed by atoms with Crippen molar-refractivity contribution in [2.45, 2.75) is 11.4 Å². The zero-order valence-electron chi connectivity index (χ0n) is 13.5. The summed E-state index contributed by atoms with van der Waals surface area (Å²) in [6.45, 7) is 0.481. The van der Waals surface area contributed by atoms with Crippen molar-refractivity contribution in [3.05, 3.63) is 75.8 Å². The lowest BCUT2D eigenvalue weighted by Gasteiger charge is -2.15. The van der Waals surface area contributed by atoms with Crippen LogP contribution in [0, 0.1) is 10.1 Å². The van der Waals surface area contributed by atoms with Crippen molar-refractivity contribution in [3.63, 3.8) is 0 Å². The smallest absolute Gasteiger partial charge is 0.276 e. The quantitative estimate of drug-likeness (QED) is 0.345. The summed E-state index contributed by atoms with van der Waals surface area (Å²) in [6.07, 6.45) is 4.85. The van der Waals surface area contributed by atoms with Gasteiger partial charge in [-0.2, -0.15) is 0 Å². The predicted octanol–water partition coefficient (Wildman–Crippen LogP) is 3.99. The van der Waals surface area contributed by atoms with Crippen LogP contribution in [0.5, 0.6) is 0 Å². The van der Waals surface area contributed by atoms with Crippen LogP contribution in [0.2, 0.25) is 0 Å². The zero-order chi connectivity index (χ0) is 17.5. The molecule has 0 unspecified atom stereocenters. The third-order valence-corrected chi connectivity index (χ3v) is 4.24. The molecular formula is C18H18N2O3S. The van der Waals surface area contributed by atoms with E-state index in [1.807, 2.05) is 30.5 Å². The molecule has 0 fully saturated rings. The summed E-state index contributed by atoms with van der Waals surface area (Å²) in [5.41, 5.74) is 1.42. The van der Waals surface area contributed by atoms with Crippen LogP contribution in [0.4, 0.5) is 5.69 Å². The topological polar surface area (TPSA) is 63.5 Å². The Morgan fingerprint density at radius 2 is 1.88 bits per heavy atom. The molecule has 0 bridgehead atoms. The van der Waals surface area contributed by atoms with Crippen LogP contribution in [-0.4, -0.2) is 29.0 Å². The molecule has 6 heteroatoms. The summed E-state index contributed by atoms with van der Waals surface area (Å²) in [7, 11) is 1.70. The van der Waals surface area contributed by atoms with Gasteiger partial charge in [-0.25, -0.2) is 0 Å². The first-order chi connectivity index (χ1) is 11.5. The molecular weight excluding hydrogens is 324 g/mol. The molecule has 0 spiro atoms. The Labute approximate surface area is 145 Å².